The molecule has 0 fully saturated rings. The van der Waals surface area contributed by atoms with E-state index in [1.807, 2.05) is 48.5 Å². The number of rotatable bonds is 4. The molecule has 0 bridgehead atoms. The summed E-state index contributed by atoms with van der Waals surface area (Å²) < 4.78 is 12.9. The molecule has 0 saturated heterocycles. The van der Waals surface area contributed by atoms with Crippen LogP contribution in [-0.4, -0.2) is 25.5 Å². The van der Waals surface area contributed by atoms with Gasteiger partial charge < -0.3 is 15.1 Å². The van der Waals surface area contributed by atoms with Crippen LogP contribution in [0.25, 0.3) is 16.9 Å². The maximum absolute atomic E-state index is 11.1. The number of nitrogens with zero attached hydrogens (tertiary/aromatic N) is 2. The number of imidazole rings is 1. The molecule has 2 heterocycles. The Balaban J connectivity index is 2.12. The van der Waals surface area contributed by atoms with Crippen molar-refractivity contribution in [2.75, 3.05) is 11.6 Å². The molecule has 3 aromatic rings. The van der Waals surface area contributed by atoms with Crippen LogP contribution >= 0.6 is 7.60 Å². The lowest BCUT2D eigenvalue weighted by molar-refractivity contribution is 0.375. The summed E-state index contributed by atoms with van der Waals surface area (Å²) in [7, 11) is -4.15. The topological polar surface area (TPSA) is 86.9 Å². The molecule has 0 aliphatic rings. The molecule has 0 spiro atoms. The molecule has 0 unspecified atom stereocenters. The molecule has 0 aliphatic carbocycles. The summed E-state index contributed by atoms with van der Waals surface area (Å²) in [5, 5.41) is 2.81. The Morgan fingerprint density at radius 3 is 2.52 bits per heavy atom. The van der Waals surface area contributed by atoms with Crippen LogP contribution in [0.3, 0.4) is 0 Å². The van der Waals surface area contributed by atoms with E-state index in [1.165, 1.54) is 0 Å². The zero-order valence-corrected chi connectivity index (χ0v) is 11.9. The first-order valence-electron chi connectivity index (χ1n) is 6.35. The van der Waals surface area contributed by atoms with E-state index in [2.05, 4.69) is 10.3 Å². The van der Waals surface area contributed by atoms with Gasteiger partial charge in [0.25, 0.3) is 0 Å². The SMILES string of the molecule is O=P(O)(O)CNc1c(-c2ccccc2)nc2ccccn12. The van der Waals surface area contributed by atoms with Crippen LogP contribution in [0.1, 0.15) is 0 Å². The van der Waals surface area contributed by atoms with Gasteiger partial charge in [-0.25, -0.2) is 4.98 Å². The highest BCUT2D eigenvalue weighted by molar-refractivity contribution is 7.51. The summed E-state index contributed by atoms with van der Waals surface area (Å²) in [5.41, 5.74) is 2.26. The van der Waals surface area contributed by atoms with E-state index in [4.69, 9.17) is 9.79 Å². The van der Waals surface area contributed by atoms with Gasteiger partial charge in [0.15, 0.2) is 0 Å². The third-order valence-corrected chi connectivity index (χ3v) is 3.60. The Kier molecular flexibility index (Phi) is 3.51. The molecule has 2 aromatic heterocycles. The Bertz CT molecular complexity index is 811. The first-order chi connectivity index (χ1) is 10.0. The molecule has 3 rings (SSSR count). The summed E-state index contributed by atoms with van der Waals surface area (Å²) in [5.74, 6) is 0.570. The Hall–Kier alpha value is -2.14. The standard InChI is InChI=1S/C14H14N3O3P/c18-21(19,20)10-15-14-13(11-6-2-1-3-7-11)16-12-8-4-5-9-17(12)14/h1-9,15H,10H2,(H2,18,19,20). The average Bonchev–Trinajstić information content (AvgIpc) is 2.84. The van der Waals surface area contributed by atoms with Gasteiger partial charge in [0, 0.05) is 11.8 Å². The number of pyridine rings is 1. The van der Waals surface area contributed by atoms with Crippen molar-refractivity contribution in [3.63, 3.8) is 0 Å². The van der Waals surface area contributed by atoms with Crippen LogP contribution in [0.4, 0.5) is 5.82 Å². The quantitative estimate of drug-likeness (QED) is 0.645. The fourth-order valence-electron chi connectivity index (χ4n) is 2.14. The summed E-state index contributed by atoms with van der Waals surface area (Å²) in [6, 6.07) is 15.1. The lowest BCUT2D eigenvalue weighted by Gasteiger charge is -2.09. The fourth-order valence-corrected chi connectivity index (χ4v) is 2.50. The third kappa shape index (κ3) is 2.97. The van der Waals surface area contributed by atoms with Gasteiger partial charge in [0.1, 0.15) is 23.4 Å². The van der Waals surface area contributed by atoms with Crippen molar-refractivity contribution in [3.05, 3.63) is 54.7 Å². The van der Waals surface area contributed by atoms with E-state index in [1.54, 1.807) is 10.6 Å². The van der Waals surface area contributed by atoms with E-state index in [0.29, 0.717) is 17.2 Å². The van der Waals surface area contributed by atoms with Gasteiger partial charge in [-0.05, 0) is 12.1 Å². The van der Waals surface area contributed by atoms with Crippen LogP contribution in [0.5, 0.6) is 0 Å². The van der Waals surface area contributed by atoms with Crippen molar-refractivity contribution in [1.29, 1.82) is 0 Å². The van der Waals surface area contributed by atoms with Crippen LogP contribution < -0.4 is 5.32 Å². The van der Waals surface area contributed by atoms with E-state index in [0.717, 1.165) is 5.56 Å². The molecule has 108 valence electrons. The van der Waals surface area contributed by atoms with Crippen molar-refractivity contribution in [2.45, 2.75) is 0 Å². The van der Waals surface area contributed by atoms with Crippen molar-refractivity contribution >= 4 is 19.1 Å². The number of benzene rings is 1. The lowest BCUT2D eigenvalue weighted by Crippen LogP contribution is -2.05. The maximum atomic E-state index is 11.1. The molecule has 0 radical (unpaired) electrons. The van der Waals surface area contributed by atoms with Crippen LogP contribution in [-0.2, 0) is 4.57 Å². The predicted molar refractivity (Wildman–Crippen MR) is 81.2 cm³/mol. The minimum Gasteiger partial charge on any atom is -0.358 e. The minimum atomic E-state index is -4.15. The second-order valence-corrected chi connectivity index (χ2v) is 6.25. The zero-order chi connectivity index (χ0) is 14.9. The first kappa shape index (κ1) is 13.8. The largest absolute Gasteiger partial charge is 0.358 e. The van der Waals surface area contributed by atoms with Gasteiger partial charge in [0.2, 0.25) is 0 Å². The summed E-state index contributed by atoms with van der Waals surface area (Å²) in [6.07, 6.45) is 1.37. The molecule has 7 heteroatoms. The zero-order valence-electron chi connectivity index (χ0n) is 11.0. The number of nitrogens with one attached hydrogen (secondary N) is 1. The monoisotopic (exact) mass is 303 g/mol. The molecule has 0 saturated carbocycles. The molecular formula is C14H14N3O3P. The van der Waals surface area contributed by atoms with Crippen molar-refractivity contribution in [1.82, 2.24) is 9.38 Å². The van der Waals surface area contributed by atoms with Gasteiger partial charge in [-0.15, -0.1) is 0 Å². The van der Waals surface area contributed by atoms with Crippen molar-refractivity contribution in [3.8, 4) is 11.3 Å². The van der Waals surface area contributed by atoms with E-state index >= 15 is 0 Å². The molecular weight excluding hydrogens is 289 g/mol. The minimum absolute atomic E-state index is 0.435. The fraction of sp³-hybridized carbons (Fsp3) is 0.0714. The molecule has 0 atom stereocenters. The number of aromatic nitrogens is 2. The molecule has 0 amide bonds. The van der Waals surface area contributed by atoms with Gasteiger partial charge in [-0.1, -0.05) is 36.4 Å². The lowest BCUT2D eigenvalue weighted by atomic mass is 10.1. The predicted octanol–water partition coefficient (Wildman–Crippen LogP) is 2.55. The highest BCUT2D eigenvalue weighted by atomic mass is 31.2. The highest BCUT2D eigenvalue weighted by Gasteiger charge is 2.18. The van der Waals surface area contributed by atoms with Gasteiger partial charge in [-0.3, -0.25) is 8.97 Å². The van der Waals surface area contributed by atoms with E-state index in [9.17, 15) is 4.57 Å². The van der Waals surface area contributed by atoms with Crippen LogP contribution in [0.15, 0.2) is 54.7 Å². The van der Waals surface area contributed by atoms with Crippen molar-refractivity contribution < 1.29 is 14.4 Å². The summed E-state index contributed by atoms with van der Waals surface area (Å²) >= 11 is 0. The molecule has 0 aliphatic heterocycles. The second-order valence-electron chi connectivity index (χ2n) is 4.60. The van der Waals surface area contributed by atoms with Gasteiger partial charge >= 0.3 is 7.60 Å². The molecule has 3 N–H and O–H groups in total. The number of fused-ring (bicyclic) bond motifs is 1. The smallest absolute Gasteiger partial charge is 0.344 e. The Labute approximate surface area is 121 Å². The molecule has 6 nitrogen and oxygen atoms in total. The van der Waals surface area contributed by atoms with E-state index < -0.39 is 13.9 Å². The Morgan fingerprint density at radius 1 is 1.10 bits per heavy atom. The highest BCUT2D eigenvalue weighted by Crippen LogP contribution is 2.36. The molecule has 21 heavy (non-hydrogen) atoms. The maximum Gasteiger partial charge on any atom is 0.344 e. The second kappa shape index (κ2) is 5.33. The normalized spacial score (nSPS) is 11.7. The first-order valence-corrected chi connectivity index (χ1v) is 8.15. The van der Waals surface area contributed by atoms with E-state index in [-0.39, 0.29) is 0 Å². The number of anilines is 1. The summed E-state index contributed by atoms with van der Waals surface area (Å²) in [4.78, 5) is 22.7. The number of hydrogen-bond donors (Lipinski definition) is 3. The van der Waals surface area contributed by atoms with Gasteiger partial charge in [-0.2, -0.15) is 0 Å². The summed E-state index contributed by atoms with van der Waals surface area (Å²) in [6.45, 7) is 0. The molecule has 1 aromatic carbocycles. The van der Waals surface area contributed by atoms with Crippen LogP contribution in [0, 0.1) is 0 Å². The van der Waals surface area contributed by atoms with Crippen molar-refractivity contribution in [2.24, 2.45) is 0 Å². The number of hydrogen-bond acceptors (Lipinski definition) is 3. The van der Waals surface area contributed by atoms with Crippen LogP contribution in [0.2, 0.25) is 0 Å². The Morgan fingerprint density at radius 2 is 1.81 bits per heavy atom. The van der Waals surface area contributed by atoms with Gasteiger partial charge in [0.05, 0.1) is 0 Å². The average molecular weight is 303 g/mol. The third-order valence-electron chi connectivity index (χ3n) is 3.03.